The van der Waals surface area contributed by atoms with E-state index in [9.17, 15) is 9.59 Å². The van der Waals surface area contributed by atoms with Crippen molar-refractivity contribution >= 4 is 22.8 Å². The minimum Gasteiger partial charge on any atom is -0.425 e. The predicted octanol–water partition coefficient (Wildman–Crippen LogP) is 2.77. The number of hydrogen-bond donors (Lipinski definition) is 1. The number of rotatable bonds is 7. The van der Waals surface area contributed by atoms with Gasteiger partial charge in [0.2, 0.25) is 0 Å². The normalized spacial score (nSPS) is 11.2. The number of imidazole rings is 1. The van der Waals surface area contributed by atoms with Crippen molar-refractivity contribution in [1.29, 1.82) is 0 Å². The zero-order chi connectivity index (χ0) is 22.0. The molecule has 0 radical (unpaired) electrons. The van der Waals surface area contributed by atoms with Gasteiger partial charge in [-0.05, 0) is 36.2 Å². The molecule has 2 aromatic heterocycles. The van der Waals surface area contributed by atoms with Crippen LogP contribution in [0.2, 0.25) is 5.02 Å². The molecule has 2 heterocycles. The van der Waals surface area contributed by atoms with Gasteiger partial charge in [0.25, 0.3) is 5.56 Å². The Bertz CT molecular complexity index is 1320. The van der Waals surface area contributed by atoms with Gasteiger partial charge in [-0.2, -0.15) is 4.98 Å². The van der Waals surface area contributed by atoms with Gasteiger partial charge in [0.1, 0.15) is 5.75 Å². The average Bonchev–Trinajstić information content (AvgIpc) is 3.12. The van der Waals surface area contributed by atoms with Crippen molar-refractivity contribution in [1.82, 2.24) is 18.7 Å². The van der Waals surface area contributed by atoms with E-state index in [-0.39, 0.29) is 30.3 Å². The van der Waals surface area contributed by atoms with Gasteiger partial charge < -0.3 is 9.84 Å². The summed E-state index contributed by atoms with van der Waals surface area (Å²) in [5, 5.41) is 9.73. The lowest BCUT2D eigenvalue weighted by Crippen LogP contribution is -2.39. The smallest absolute Gasteiger partial charge is 0.332 e. The lowest BCUT2D eigenvalue weighted by molar-refractivity contribution is 0.277. The largest absolute Gasteiger partial charge is 0.425 e. The predicted molar refractivity (Wildman–Crippen MR) is 118 cm³/mol. The summed E-state index contributed by atoms with van der Waals surface area (Å²) in [4.78, 5) is 30.5. The molecule has 0 spiro atoms. The fourth-order valence-electron chi connectivity index (χ4n) is 3.38. The van der Waals surface area contributed by atoms with Crippen molar-refractivity contribution in [2.24, 2.45) is 7.05 Å². The summed E-state index contributed by atoms with van der Waals surface area (Å²) < 4.78 is 10.1. The van der Waals surface area contributed by atoms with Crippen LogP contribution in [0.5, 0.6) is 11.8 Å². The van der Waals surface area contributed by atoms with Crippen LogP contribution in [0.1, 0.15) is 12.0 Å². The highest BCUT2D eigenvalue weighted by Crippen LogP contribution is 2.26. The molecule has 0 saturated heterocycles. The fraction of sp³-hybridized carbons (Fsp3) is 0.227. The number of aromatic nitrogens is 4. The molecule has 8 nitrogen and oxygen atoms in total. The van der Waals surface area contributed by atoms with Gasteiger partial charge >= 0.3 is 11.7 Å². The number of halogens is 1. The Morgan fingerprint density at radius 1 is 1.03 bits per heavy atom. The monoisotopic (exact) mass is 440 g/mol. The standard InChI is InChI=1S/C22H21ClN4O4/c1-25-19-18(20(29)26(22(25)30)12-5-13-28)27(14-15-6-3-2-4-7-15)21(24-19)31-17-10-8-16(23)9-11-17/h2-4,6-11,28H,5,12-14H2,1H3. The van der Waals surface area contributed by atoms with Crippen LogP contribution >= 0.6 is 11.6 Å². The van der Waals surface area contributed by atoms with Gasteiger partial charge in [-0.15, -0.1) is 0 Å². The Morgan fingerprint density at radius 3 is 2.42 bits per heavy atom. The molecule has 1 N–H and O–H groups in total. The first-order valence-corrected chi connectivity index (χ1v) is 10.2. The Kier molecular flexibility index (Phi) is 5.92. The van der Waals surface area contributed by atoms with Crippen LogP contribution in [0.15, 0.2) is 64.2 Å². The number of benzene rings is 2. The van der Waals surface area contributed by atoms with Gasteiger partial charge in [0.15, 0.2) is 11.2 Å². The third-order valence-corrected chi connectivity index (χ3v) is 5.20. The summed E-state index contributed by atoms with van der Waals surface area (Å²) in [7, 11) is 1.56. The van der Waals surface area contributed by atoms with Crippen molar-refractivity contribution in [2.45, 2.75) is 19.5 Å². The fourth-order valence-corrected chi connectivity index (χ4v) is 3.50. The third-order valence-electron chi connectivity index (χ3n) is 4.94. The van der Waals surface area contributed by atoms with E-state index in [1.54, 1.807) is 35.9 Å². The second-order valence-electron chi connectivity index (χ2n) is 7.07. The highest BCUT2D eigenvalue weighted by molar-refractivity contribution is 6.30. The van der Waals surface area contributed by atoms with E-state index in [1.165, 1.54) is 4.57 Å². The molecule has 9 heteroatoms. The molecule has 0 aliphatic carbocycles. The van der Waals surface area contributed by atoms with E-state index < -0.39 is 11.2 Å². The highest BCUT2D eigenvalue weighted by atomic mass is 35.5. The van der Waals surface area contributed by atoms with Crippen molar-refractivity contribution in [3.8, 4) is 11.8 Å². The minimum atomic E-state index is -0.492. The summed E-state index contributed by atoms with van der Waals surface area (Å²) >= 11 is 5.96. The second-order valence-corrected chi connectivity index (χ2v) is 7.51. The number of fused-ring (bicyclic) bond motifs is 1. The van der Waals surface area contributed by atoms with Crippen LogP contribution in [0.25, 0.3) is 11.2 Å². The van der Waals surface area contributed by atoms with Crippen molar-refractivity contribution in [2.75, 3.05) is 6.61 Å². The van der Waals surface area contributed by atoms with E-state index in [1.807, 2.05) is 30.3 Å². The van der Waals surface area contributed by atoms with Gasteiger partial charge in [-0.3, -0.25) is 18.5 Å². The average molecular weight is 441 g/mol. The van der Waals surface area contributed by atoms with Crippen LogP contribution in [0.3, 0.4) is 0 Å². The molecule has 0 bridgehead atoms. The van der Waals surface area contributed by atoms with E-state index >= 15 is 0 Å². The summed E-state index contributed by atoms with van der Waals surface area (Å²) in [5.74, 6) is 0.500. The zero-order valence-electron chi connectivity index (χ0n) is 16.9. The summed E-state index contributed by atoms with van der Waals surface area (Å²) in [6.07, 6.45) is 0.293. The summed E-state index contributed by atoms with van der Waals surface area (Å²) in [6.45, 7) is 0.317. The zero-order valence-corrected chi connectivity index (χ0v) is 17.6. The van der Waals surface area contributed by atoms with Crippen LogP contribution in [0.4, 0.5) is 0 Å². The van der Waals surface area contributed by atoms with Gasteiger partial charge in [-0.1, -0.05) is 41.9 Å². The molecule has 0 amide bonds. The number of aliphatic hydroxyl groups is 1. The lowest BCUT2D eigenvalue weighted by Gasteiger charge is -2.11. The summed E-state index contributed by atoms with van der Waals surface area (Å²) in [6, 6.07) is 16.6. The Labute approximate surface area is 182 Å². The molecule has 0 unspecified atom stereocenters. The SMILES string of the molecule is Cn1c(=O)n(CCCO)c(=O)c2c1nc(Oc1ccc(Cl)cc1)n2Cc1ccccc1. The quantitative estimate of drug-likeness (QED) is 0.477. The van der Waals surface area contributed by atoms with Crippen molar-refractivity contribution < 1.29 is 9.84 Å². The van der Waals surface area contributed by atoms with Gasteiger partial charge in [0.05, 0.1) is 6.54 Å². The minimum absolute atomic E-state index is 0.113. The summed E-state index contributed by atoms with van der Waals surface area (Å²) in [5.41, 5.74) is 0.468. The van der Waals surface area contributed by atoms with E-state index in [4.69, 9.17) is 21.4 Å². The van der Waals surface area contributed by atoms with Crippen molar-refractivity contribution in [3.05, 3.63) is 86.0 Å². The van der Waals surface area contributed by atoms with E-state index in [2.05, 4.69) is 4.98 Å². The van der Waals surface area contributed by atoms with Gasteiger partial charge in [-0.25, -0.2) is 4.79 Å². The number of ether oxygens (including phenoxy) is 1. The first-order valence-electron chi connectivity index (χ1n) is 9.78. The van der Waals surface area contributed by atoms with E-state index in [0.29, 0.717) is 23.7 Å². The maximum absolute atomic E-state index is 13.3. The second kappa shape index (κ2) is 8.79. The van der Waals surface area contributed by atoms with Crippen LogP contribution in [0, 0.1) is 0 Å². The molecule has 0 atom stereocenters. The Morgan fingerprint density at radius 2 is 1.74 bits per heavy atom. The Hall–Kier alpha value is -3.36. The molecule has 4 aromatic rings. The first kappa shape index (κ1) is 20.9. The lowest BCUT2D eigenvalue weighted by atomic mass is 10.2. The van der Waals surface area contributed by atoms with Crippen LogP contribution in [-0.4, -0.2) is 30.4 Å². The molecular formula is C22H21ClN4O4. The highest BCUT2D eigenvalue weighted by Gasteiger charge is 2.21. The van der Waals surface area contributed by atoms with Gasteiger partial charge in [0, 0.05) is 25.2 Å². The molecule has 160 valence electrons. The molecule has 0 aliphatic rings. The number of nitrogens with zero attached hydrogens (tertiary/aromatic N) is 4. The molecule has 4 rings (SSSR count). The molecule has 0 aliphatic heterocycles. The molecule has 2 aromatic carbocycles. The van der Waals surface area contributed by atoms with Crippen molar-refractivity contribution in [3.63, 3.8) is 0 Å². The first-order chi connectivity index (χ1) is 15.0. The molecule has 31 heavy (non-hydrogen) atoms. The molecule has 0 fully saturated rings. The van der Waals surface area contributed by atoms with Crippen LogP contribution < -0.4 is 16.0 Å². The maximum atomic E-state index is 13.3. The topological polar surface area (TPSA) is 91.3 Å². The van der Waals surface area contributed by atoms with Crippen LogP contribution in [-0.2, 0) is 20.1 Å². The molecular weight excluding hydrogens is 420 g/mol. The number of aliphatic hydroxyl groups excluding tert-OH is 1. The number of aryl methyl sites for hydroxylation is 1. The maximum Gasteiger partial charge on any atom is 0.332 e. The molecule has 0 saturated carbocycles. The number of hydrogen-bond acceptors (Lipinski definition) is 5. The Balaban J connectivity index is 1.93. The third kappa shape index (κ3) is 4.12. The van der Waals surface area contributed by atoms with E-state index in [0.717, 1.165) is 10.1 Å².